The molecule has 0 amide bonds. The number of halogens is 1. The zero-order chi connectivity index (χ0) is 13.6. The number of rotatable bonds is 7. The Morgan fingerprint density at radius 3 is 2.50 bits per heavy atom. The maximum absolute atomic E-state index is 10.9. The lowest BCUT2D eigenvalue weighted by molar-refractivity contribution is 0.188. The highest BCUT2D eigenvalue weighted by Crippen LogP contribution is 2.22. The molecule has 1 unspecified atom stereocenters. The fourth-order valence-corrected chi connectivity index (χ4v) is 3.22. The average molecular weight is 353 g/mol. The Morgan fingerprint density at radius 2 is 1.94 bits per heavy atom. The third kappa shape index (κ3) is 7.41. The summed E-state index contributed by atoms with van der Waals surface area (Å²) in [5.74, 6) is 0.735. The van der Waals surface area contributed by atoms with Gasteiger partial charge in [0.1, 0.15) is 9.84 Å². The lowest BCUT2D eigenvalue weighted by Crippen LogP contribution is -2.12. The smallest absolute Gasteiger partial charge is 0.147 e. The van der Waals surface area contributed by atoms with E-state index in [1.165, 1.54) is 6.26 Å². The molecule has 1 aromatic carbocycles. The summed E-state index contributed by atoms with van der Waals surface area (Å²) in [6, 6.07) is 7.88. The second-order valence-corrected chi connectivity index (χ2v) is 8.46. The molecule has 1 rings (SSSR count). The van der Waals surface area contributed by atoms with Crippen LogP contribution in [0, 0.1) is 0 Å². The van der Waals surface area contributed by atoms with Gasteiger partial charge >= 0.3 is 0 Å². The molecule has 0 saturated heterocycles. The van der Waals surface area contributed by atoms with Crippen LogP contribution in [0.25, 0.3) is 0 Å². The first kappa shape index (κ1) is 16.0. The highest BCUT2D eigenvalue weighted by atomic mass is 79.9. The van der Waals surface area contributed by atoms with Gasteiger partial charge in [-0.25, -0.2) is 8.42 Å². The van der Waals surface area contributed by atoms with Gasteiger partial charge in [0.15, 0.2) is 0 Å². The van der Waals surface area contributed by atoms with Crippen LogP contribution in [-0.4, -0.2) is 37.4 Å². The molecule has 0 aliphatic rings. The van der Waals surface area contributed by atoms with E-state index in [4.69, 9.17) is 0 Å². The zero-order valence-corrected chi connectivity index (χ0v) is 13.4. The molecular weight excluding hydrogens is 336 g/mol. The number of aliphatic hydroxyl groups excluding tert-OH is 1. The minimum Gasteiger partial charge on any atom is -0.392 e. The van der Waals surface area contributed by atoms with Crippen LogP contribution in [-0.2, 0) is 9.84 Å². The number of hydrogen-bond acceptors (Lipinski definition) is 4. The van der Waals surface area contributed by atoms with Gasteiger partial charge in [0, 0.05) is 27.1 Å². The molecule has 1 N–H and O–H groups in total. The zero-order valence-electron chi connectivity index (χ0n) is 10.2. The van der Waals surface area contributed by atoms with Gasteiger partial charge in [-0.3, -0.25) is 0 Å². The molecule has 0 aromatic heterocycles. The predicted octanol–water partition coefficient (Wildman–Crippen LogP) is 2.73. The van der Waals surface area contributed by atoms with Gasteiger partial charge in [-0.05, 0) is 37.1 Å². The van der Waals surface area contributed by atoms with Gasteiger partial charge < -0.3 is 5.11 Å². The summed E-state index contributed by atoms with van der Waals surface area (Å²) in [6.45, 7) is 0. The predicted molar refractivity (Wildman–Crippen MR) is 79.8 cm³/mol. The minimum atomic E-state index is -2.91. The molecule has 3 nitrogen and oxygen atoms in total. The maximum atomic E-state index is 10.9. The summed E-state index contributed by atoms with van der Waals surface area (Å²) in [5.41, 5.74) is 0. The highest BCUT2D eigenvalue weighted by molar-refractivity contribution is 9.10. The molecule has 0 spiro atoms. The lowest BCUT2D eigenvalue weighted by atomic mass is 10.2. The van der Waals surface area contributed by atoms with Crippen LogP contribution in [0.5, 0.6) is 0 Å². The van der Waals surface area contributed by atoms with Gasteiger partial charge in [0.2, 0.25) is 0 Å². The second kappa shape index (κ2) is 7.53. The van der Waals surface area contributed by atoms with Crippen molar-refractivity contribution >= 4 is 37.5 Å². The molecular formula is C12H17BrO3S2. The van der Waals surface area contributed by atoms with Crippen molar-refractivity contribution in [1.82, 2.24) is 0 Å². The summed E-state index contributed by atoms with van der Waals surface area (Å²) in [5, 5.41) is 9.74. The number of benzene rings is 1. The number of aliphatic hydroxyl groups is 1. The Balaban J connectivity index is 2.24. The van der Waals surface area contributed by atoms with Crippen LogP contribution < -0.4 is 0 Å². The van der Waals surface area contributed by atoms with Crippen LogP contribution in [0.2, 0.25) is 0 Å². The molecule has 0 saturated carbocycles. The van der Waals surface area contributed by atoms with Crippen molar-refractivity contribution in [1.29, 1.82) is 0 Å². The largest absolute Gasteiger partial charge is 0.392 e. The first-order valence-corrected chi connectivity index (χ1v) is 9.45. The van der Waals surface area contributed by atoms with E-state index in [1.54, 1.807) is 11.8 Å². The quantitative estimate of drug-likeness (QED) is 0.766. The molecule has 0 bridgehead atoms. The Morgan fingerprint density at radius 1 is 1.33 bits per heavy atom. The SMILES string of the molecule is CS(=O)(=O)CCCC(O)CSc1ccc(Br)cc1. The van der Waals surface area contributed by atoms with E-state index in [1.807, 2.05) is 24.3 Å². The summed E-state index contributed by atoms with van der Waals surface area (Å²) in [6.07, 6.45) is 1.80. The molecule has 0 heterocycles. The van der Waals surface area contributed by atoms with Crippen LogP contribution in [0.1, 0.15) is 12.8 Å². The standard InChI is InChI=1S/C12H17BrO3S2/c1-18(15,16)8-2-3-11(14)9-17-12-6-4-10(13)5-7-12/h4-7,11,14H,2-3,8-9H2,1H3. The maximum Gasteiger partial charge on any atom is 0.147 e. The second-order valence-electron chi connectivity index (χ2n) is 4.19. The monoisotopic (exact) mass is 352 g/mol. The average Bonchev–Trinajstić information content (AvgIpc) is 2.26. The highest BCUT2D eigenvalue weighted by Gasteiger charge is 2.08. The molecule has 0 radical (unpaired) electrons. The fraction of sp³-hybridized carbons (Fsp3) is 0.500. The summed E-state index contributed by atoms with van der Waals surface area (Å²) < 4.78 is 22.9. The van der Waals surface area contributed by atoms with Crippen LogP contribution in [0.4, 0.5) is 0 Å². The van der Waals surface area contributed by atoms with Crippen molar-refractivity contribution < 1.29 is 13.5 Å². The van der Waals surface area contributed by atoms with Gasteiger partial charge in [0.25, 0.3) is 0 Å². The first-order valence-electron chi connectivity index (χ1n) is 5.61. The Hall–Kier alpha value is -0.0400. The van der Waals surface area contributed by atoms with E-state index in [-0.39, 0.29) is 5.75 Å². The van der Waals surface area contributed by atoms with Crippen molar-refractivity contribution in [2.75, 3.05) is 17.8 Å². The molecule has 0 aliphatic heterocycles. The van der Waals surface area contributed by atoms with Gasteiger partial charge in [-0.1, -0.05) is 15.9 Å². The van der Waals surface area contributed by atoms with Gasteiger partial charge in [-0.2, -0.15) is 0 Å². The van der Waals surface area contributed by atoms with Crippen molar-refractivity contribution in [2.24, 2.45) is 0 Å². The Bertz CT molecular complexity index is 457. The lowest BCUT2D eigenvalue weighted by Gasteiger charge is -2.09. The van der Waals surface area contributed by atoms with Crippen LogP contribution >= 0.6 is 27.7 Å². The molecule has 18 heavy (non-hydrogen) atoms. The molecule has 0 fully saturated rings. The summed E-state index contributed by atoms with van der Waals surface area (Å²) >= 11 is 4.94. The van der Waals surface area contributed by atoms with E-state index < -0.39 is 15.9 Å². The van der Waals surface area contributed by atoms with E-state index in [9.17, 15) is 13.5 Å². The van der Waals surface area contributed by atoms with Gasteiger partial charge in [0.05, 0.1) is 6.10 Å². The van der Waals surface area contributed by atoms with Crippen molar-refractivity contribution in [3.05, 3.63) is 28.7 Å². The van der Waals surface area contributed by atoms with Crippen molar-refractivity contribution in [3.8, 4) is 0 Å². The third-order valence-corrected chi connectivity index (χ3v) is 5.02. The van der Waals surface area contributed by atoms with E-state index in [2.05, 4.69) is 15.9 Å². The Kier molecular flexibility index (Phi) is 6.70. The van der Waals surface area contributed by atoms with Gasteiger partial charge in [-0.15, -0.1) is 11.8 Å². The summed E-state index contributed by atoms with van der Waals surface area (Å²) in [4.78, 5) is 1.10. The first-order chi connectivity index (χ1) is 8.37. The van der Waals surface area contributed by atoms with E-state index in [0.717, 1.165) is 9.37 Å². The number of hydrogen-bond donors (Lipinski definition) is 1. The topological polar surface area (TPSA) is 54.4 Å². The molecule has 6 heteroatoms. The normalized spacial score (nSPS) is 13.5. The number of thioether (sulfide) groups is 1. The van der Waals surface area contributed by atoms with E-state index in [0.29, 0.717) is 18.6 Å². The molecule has 1 aromatic rings. The minimum absolute atomic E-state index is 0.146. The molecule has 1 atom stereocenters. The van der Waals surface area contributed by atoms with E-state index >= 15 is 0 Å². The van der Waals surface area contributed by atoms with Crippen molar-refractivity contribution in [3.63, 3.8) is 0 Å². The molecule has 102 valence electrons. The number of sulfone groups is 1. The fourth-order valence-electron chi connectivity index (χ4n) is 1.39. The summed E-state index contributed by atoms with van der Waals surface area (Å²) in [7, 11) is -2.91. The van der Waals surface area contributed by atoms with Crippen LogP contribution in [0.3, 0.4) is 0 Å². The third-order valence-electron chi connectivity index (χ3n) is 2.31. The van der Waals surface area contributed by atoms with Crippen molar-refractivity contribution in [2.45, 2.75) is 23.8 Å². The van der Waals surface area contributed by atoms with Crippen LogP contribution in [0.15, 0.2) is 33.6 Å². The Labute approximate surface area is 121 Å². The molecule has 0 aliphatic carbocycles.